The minimum Gasteiger partial charge on any atom is -0.244 e. The molecule has 3 aliphatic carbocycles. The molecule has 0 saturated heterocycles. The van der Waals surface area contributed by atoms with Gasteiger partial charge in [-0.05, 0) is 74.5 Å². The Morgan fingerprint density at radius 1 is 0.591 bits per heavy atom. The highest BCUT2D eigenvalue weighted by Gasteiger charge is 2.44. The SMILES string of the molecule is CC.CC1CCC2CC(C3CC(F)C(F)C(F)C3)CCC2C1. The molecule has 0 bridgehead atoms. The summed E-state index contributed by atoms with van der Waals surface area (Å²) in [5, 5.41) is 0. The summed E-state index contributed by atoms with van der Waals surface area (Å²) in [5.74, 6) is 2.97. The van der Waals surface area contributed by atoms with Gasteiger partial charge in [-0.3, -0.25) is 0 Å². The average molecular weight is 318 g/mol. The molecule has 0 aromatic rings. The molecule has 6 unspecified atom stereocenters. The van der Waals surface area contributed by atoms with Crippen molar-refractivity contribution in [1.82, 2.24) is 0 Å². The first-order chi connectivity index (χ1) is 10.5. The molecule has 0 nitrogen and oxygen atoms in total. The van der Waals surface area contributed by atoms with Gasteiger partial charge in [0.05, 0.1) is 0 Å². The Morgan fingerprint density at radius 2 is 1.05 bits per heavy atom. The monoisotopic (exact) mass is 318 g/mol. The molecule has 0 amide bonds. The van der Waals surface area contributed by atoms with Gasteiger partial charge in [0.15, 0.2) is 6.17 Å². The van der Waals surface area contributed by atoms with E-state index in [1.165, 1.54) is 25.7 Å². The van der Waals surface area contributed by atoms with Crippen molar-refractivity contribution in [2.45, 2.75) is 90.7 Å². The molecule has 3 rings (SSSR count). The summed E-state index contributed by atoms with van der Waals surface area (Å²) in [4.78, 5) is 0. The summed E-state index contributed by atoms with van der Waals surface area (Å²) in [7, 11) is 0. The summed E-state index contributed by atoms with van der Waals surface area (Å²) in [5.41, 5.74) is 0. The van der Waals surface area contributed by atoms with Crippen LogP contribution in [0.3, 0.4) is 0 Å². The number of hydrogen-bond donors (Lipinski definition) is 0. The normalized spacial score (nSPS) is 48.8. The van der Waals surface area contributed by atoms with Crippen LogP contribution in [0.25, 0.3) is 0 Å². The summed E-state index contributed by atoms with van der Waals surface area (Å²) >= 11 is 0. The molecule has 0 spiro atoms. The molecule has 3 saturated carbocycles. The van der Waals surface area contributed by atoms with Crippen molar-refractivity contribution in [3.63, 3.8) is 0 Å². The van der Waals surface area contributed by atoms with E-state index in [9.17, 15) is 13.2 Å². The first kappa shape index (κ1) is 18.1. The lowest BCUT2D eigenvalue weighted by atomic mass is 9.61. The zero-order valence-electron chi connectivity index (χ0n) is 14.4. The third-order valence-corrected chi connectivity index (χ3v) is 6.33. The smallest absolute Gasteiger partial charge is 0.162 e. The van der Waals surface area contributed by atoms with E-state index >= 15 is 0 Å². The van der Waals surface area contributed by atoms with E-state index in [1.807, 2.05) is 13.8 Å². The number of halogens is 3. The lowest BCUT2D eigenvalue weighted by molar-refractivity contribution is -0.0156. The van der Waals surface area contributed by atoms with Gasteiger partial charge in [-0.1, -0.05) is 27.2 Å². The quantitative estimate of drug-likeness (QED) is 0.533. The van der Waals surface area contributed by atoms with Gasteiger partial charge in [-0.2, -0.15) is 0 Å². The number of hydrogen-bond acceptors (Lipinski definition) is 0. The second-order valence-electron chi connectivity index (χ2n) is 7.72. The van der Waals surface area contributed by atoms with Crippen LogP contribution < -0.4 is 0 Å². The van der Waals surface area contributed by atoms with Gasteiger partial charge in [0.2, 0.25) is 0 Å². The van der Waals surface area contributed by atoms with Crippen molar-refractivity contribution in [2.24, 2.45) is 29.6 Å². The van der Waals surface area contributed by atoms with Gasteiger partial charge in [0, 0.05) is 0 Å². The van der Waals surface area contributed by atoms with Crippen LogP contribution in [0.1, 0.15) is 72.1 Å². The molecule has 0 aromatic carbocycles. The highest BCUT2D eigenvalue weighted by atomic mass is 19.2. The highest BCUT2D eigenvalue weighted by Crippen LogP contribution is 2.49. The van der Waals surface area contributed by atoms with Crippen LogP contribution in [-0.2, 0) is 0 Å². The molecule has 6 atom stereocenters. The van der Waals surface area contributed by atoms with Gasteiger partial charge in [-0.25, -0.2) is 13.2 Å². The standard InChI is InChI=1S/C17H27F3.C2H6/c1-10-2-3-12-7-13(5-4-11(12)6-10)14-8-15(18)17(20)16(19)9-14;1-2/h10-17H,2-9H2,1H3;1-2H3. The van der Waals surface area contributed by atoms with Gasteiger partial charge < -0.3 is 0 Å². The van der Waals surface area contributed by atoms with Crippen LogP contribution >= 0.6 is 0 Å². The van der Waals surface area contributed by atoms with E-state index in [4.69, 9.17) is 0 Å². The van der Waals surface area contributed by atoms with Crippen LogP contribution in [0.5, 0.6) is 0 Å². The predicted octanol–water partition coefficient (Wildman–Crippen LogP) is 6.29. The molecule has 3 aliphatic rings. The molecule has 22 heavy (non-hydrogen) atoms. The van der Waals surface area contributed by atoms with E-state index in [0.717, 1.165) is 30.6 Å². The molecule has 0 aliphatic heterocycles. The van der Waals surface area contributed by atoms with Gasteiger partial charge >= 0.3 is 0 Å². The molecular formula is C19H33F3. The van der Waals surface area contributed by atoms with Crippen molar-refractivity contribution in [1.29, 1.82) is 0 Å². The van der Waals surface area contributed by atoms with Gasteiger partial charge in [0.25, 0.3) is 0 Å². The Bertz CT molecular complexity index is 321. The molecular weight excluding hydrogens is 285 g/mol. The largest absolute Gasteiger partial charge is 0.244 e. The maximum atomic E-state index is 13.6. The van der Waals surface area contributed by atoms with Crippen molar-refractivity contribution >= 4 is 0 Å². The molecule has 0 aromatic heterocycles. The molecule has 130 valence electrons. The topological polar surface area (TPSA) is 0 Å². The summed E-state index contributed by atoms with van der Waals surface area (Å²) in [6.07, 6.45) is 2.88. The maximum absolute atomic E-state index is 13.6. The van der Waals surface area contributed by atoms with Crippen LogP contribution in [0.2, 0.25) is 0 Å². The third-order valence-electron chi connectivity index (χ3n) is 6.33. The van der Waals surface area contributed by atoms with Crippen LogP contribution in [0.15, 0.2) is 0 Å². The second-order valence-corrected chi connectivity index (χ2v) is 7.72. The Morgan fingerprint density at radius 3 is 1.64 bits per heavy atom. The summed E-state index contributed by atoms with van der Waals surface area (Å²) in [6, 6.07) is 0. The fourth-order valence-corrected chi connectivity index (χ4v) is 5.13. The summed E-state index contributed by atoms with van der Waals surface area (Å²) in [6.45, 7) is 6.34. The molecule has 3 fully saturated rings. The Hall–Kier alpha value is -0.210. The van der Waals surface area contributed by atoms with Crippen LogP contribution in [0.4, 0.5) is 13.2 Å². The van der Waals surface area contributed by atoms with Gasteiger partial charge in [-0.15, -0.1) is 0 Å². The van der Waals surface area contributed by atoms with Crippen molar-refractivity contribution in [2.75, 3.05) is 0 Å². The van der Waals surface area contributed by atoms with E-state index < -0.39 is 18.5 Å². The van der Waals surface area contributed by atoms with Crippen molar-refractivity contribution in [3.05, 3.63) is 0 Å². The van der Waals surface area contributed by atoms with E-state index in [2.05, 4.69) is 6.92 Å². The third kappa shape index (κ3) is 4.00. The van der Waals surface area contributed by atoms with E-state index in [0.29, 0.717) is 5.92 Å². The maximum Gasteiger partial charge on any atom is 0.162 e. The Kier molecular flexibility index (Phi) is 6.64. The summed E-state index contributed by atoms with van der Waals surface area (Å²) < 4.78 is 40.5. The lowest BCUT2D eigenvalue weighted by Gasteiger charge is -2.45. The minimum absolute atomic E-state index is 0.0762. The zero-order valence-corrected chi connectivity index (χ0v) is 14.4. The average Bonchev–Trinajstić information content (AvgIpc) is 2.53. The van der Waals surface area contributed by atoms with E-state index in [1.54, 1.807) is 0 Å². The van der Waals surface area contributed by atoms with Gasteiger partial charge in [0.1, 0.15) is 12.3 Å². The molecule has 0 radical (unpaired) electrons. The fraction of sp³-hybridized carbons (Fsp3) is 1.00. The molecule has 3 heteroatoms. The van der Waals surface area contributed by atoms with E-state index in [-0.39, 0.29) is 18.8 Å². The number of fused-ring (bicyclic) bond motifs is 1. The number of rotatable bonds is 1. The molecule has 0 N–H and O–H groups in total. The Balaban J connectivity index is 0.000000847. The first-order valence-electron chi connectivity index (χ1n) is 9.46. The Labute approximate surface area is 134 Å². The first-order valence-corrected chi connectivity index (χ1v) is 9.46. The zero-order chi connectivity index (χ0) is 16.3. The van der Waals surface area contributed by atoms with Crippen LogP contribution in [-0.4, -0.2) is 18.5 Å². The minimum atomic E-state index is -1.88. The lowest BCUT2D eigenvalue weighted by Crippen LogP contribution is -2.41. The second kappa shape index (κ2) is 8.06. The van der Waals surface area contributed by atoms with Crippen LogP contribution in [0, 0.1) is 29.6 Å². The number of alkyl halides is 3. The molecule has 0 heterocycles. The highest BCUT2D eigenvalue weighted by molar-refractivity contribution is 4.93. The van der Waals surface area contributed by atoms with Crippen molar-refractivity contribution < 1.29 is 13.2 Å². The fourth-order valence-electron chi connectivity index (χ4n) is 5.13. The predicted molar refractivity (Wildman–Crippen MR) is 86.1 cm³/mol. The van der Waals surface area contributed by atoms with Crippen molar-refractivity contribution in [3.8, 4) is 0 Å².